The van der Waals surface area contributed by atoms with Gasteiger partial charge in [0, 0.05) is 0 Å². The Kier molecular flexibility index (Phi) is 4.19. The van der Waals surface area contributed by atoms with Crippen LogP contribution in [0, 0.1) is 0 Å². The maximum atomic E-state index is 11.6. The molecule has 2 rings (SSSR count). The van der Waals surface area contributed by atoms with Crippen molar-refractivity contribution in [2.45, 2.75) is 6.92 Å². The molecule has 0 amide bonds. The van der Waals surface area contributed by atoms with E-state index in [2.05, 4.69) is 12.1 Å². The fourth-order valence-electron chi connectivity index (χ4n) is 1.65. The molecule has 3 heteroatoms. The number of hydrogen-bond acceptors (Lipinski definition) is 2. The number of rotatable bonds is 4. The Morgan fingerprint density at radius 1 is 1.06 bits per heavy atom. The summed E-state index contributed by atoms with van der Waals surface area (Å²) in [5.74, 6) is 0.688. The first-order valence-corrected chi connectivity index (χ1v) is 7.34. The van der Waals surface area contributed by atoms with Gasteiger partial charge in [-0.2, -0.15) is 0 Å². The van der Waals surface area contributed by atoms with E-state index in [1.807, 2.05) is 36.4 Å². The van der Waals surface area contributed by atoms with Crippen LogP contribution < -0.4 is 13.7 Å². The van der Waals surface area contributed by atoms with Gasteiger partial charge in [0.15, 0.2) is 0 Å². The molecule has 92 valence electrons. The van der Waals surface area contributed by atoms with Crippen LogP contribution in [0.25, 0.3) is 0 Å². The van der Waals surface area contributed by atoms with E-state index in [-0.39, 0.29) is 20.7 Å². The molecule has 0 radical (unpaired) electrons. The molecule has 0 unspecified atom stereocenters. The Balaban J connectivity index is 2.30. The van der Waals surface area contributed by atoms with Crippen molar-refractivity contribution in [3.8, 4) is 5.75 Å². The molecular weight excluding hydrogens is 291 g/mol. The van der Waals surface area contributed by atoms with Gasteiger partial charge in [0.2, 0.25) is 0 Å². The molecule has 0 saturated carbocycles. The summed E-state index contributed by atoms with van der Waals surface area (Å²) in [5, 5.41) is 0. The maximum absolute atomic E-state index is 11.6. The SMILES string of the molecule is COc1ccc([Se]c2ccccc2)cc1C(C)=O. The van der Waals surface area contributed by atoms with E-state index in [4.69, 9.17) is 4.74 Å². The van der Waals surface area contributed by atoms with Gasteiger partial charge in [-0.15, -0.1) is 0 Å². The Labute approximate surface area is 113 Å². The molecule has 2 aromatic carbocycles. The molecule has 0 heterocycles. The molecule has 0 aromatic heterocycles. The summed E-state index contributed by atoms with van der Waals surface area (Å²) in [4.78, 5) is 11.6. The number of Topliss-reactive ketones (excluding diaryl/α,β-unsaturated/α-hetero) is 1. The summed E-state index contributed by atoms with van der Waals surface area (Å²) < 4.78 is 7.67. The van der Waals surface area contributed by atoms with Gasteiger partial charge in [0.05, 0.1) is 0 Å². The van der Waals surface area contributed by atoms with Gasteiger partial charge in [0.1, 0.15) is 0 Å². The minimum atomic E-state index is 0.0394. The summed E-state index contributed by atoms with van der Waals surface area (Å²) in [6.07, 6.45) is 0. The zero-order valence-electron chi connectivity index (χ0n) is 10.3. The Bertz CT molecular complexity index is 550. The summed E-state index contributed by atoms with van der Waals surface area (Å²) >= 11 is 0.220. The number of methoxy groups -OCH3 is 1. The molecule has 0 bridgehead atoms. The van der Waals surface area contributed by atoms with Crippen LogP contribution in [0.3, 0.4) is 0 Å². The van der Waals surface area contributed by atoms with Crippen molar-refractivity contribution in [2.75, 3.05) is 7.11 Å². The molecule has 2 nitrogen and oxygen atoms in total. The average molecular weight is 305 g/mol. The Morgan fingerprint density at radius 3 is 2.39 bits per heavy atom. The first-order chi connectivity index (χ1) is 8.70. The third-order valence-corrected chi connectivity index (χ3v) is 4.62. The van der Waals surface area contributed by atoms with Crippen molar-refractivity contribution < 1.29 is 9.53 Å². The van der Waals surface area contributed by atoms with E-state index in [1.54, 1.807) is 14.0 Å². The number of ether oxygens (including phenoxy) is 1. The molecule has 0 fully saturated rings. The van der Waals surface area contributed by atoms with Crippen LogP contribution in [0.15, 0.2) is 48.5 Å². The number of carbonyl (C=O) groups excluding carboxylic acids is 1. The molecule has 0 spiro atoms. The van der Waals surface area contributed by atoms with Gasteiger partial charge in [-0.1, -0.05) is 0 Å². The van der Waals surface area contributed by atoms with Gasteiger partial charge < -0.3 is 0 Å². The van der Waals surface area contributed by atoms with Crippen molar-refractivity contribution in [2.24, 2.45) is 0 Å². The Hall–Kier alpha value is -1.57. The van der Waals surface area contributed by atoms with Crippen LogP contribution in [-0.2, 0) is 0 Å². The van der Waals surface area contributed by atoms with Gasteiger partial charge in [-0.05, 0) is 0 Å². The zero-order valence-corrected chi connectivity index (χ0v) is 12.1. The van der Waals surface area contributed by atoms with E-state index in [0.717, 1.165) is 0 Å². The summed E-state index contributed by atoms with van der Waals surface area (Å²) in [6.45, 7) is 1.57. The van der Waals surface area contributed by atoms with Crippen molar-refractivity contribution >= 4 is 29.7 Å². The summed E-state index contributed by atoms with van der Waals surface area (Å²) in [6, 6.07) is 16.1. The number of benzene rings is 2. The van der Waals surface area contributed by atoms with Gasteiger partial charge in [0.25, 0.3) is 0 Å². The number of ketones is 1. The molecule has 0 saturated heterocycles. The van der Waals surface area contributed by atoms with Crippen LogP contribution in [0.5, 0.6) is 5.75 Å². The van der Waals surface area contributed by atoms with Crippen molar-refractivity contribution in [3.63, 3.8) is 0 Å². The molecule has 0 N–H and O–H groups in total. The van der Waals surface area contributed by atoms with Crippen LogP contribution in [-0.4, -0.2) is 27.8 Å². The monoisotopic (exact) mass is 306 g/mol. The van der Waals surface area contributed by atoms with E-state index >= 15 is 0 Å². The molecule has 0 aliphatic heterocycles. The number of hydrogen-bond donors (Lipinski definition) is 0. The van der Waals surface area contributed by atoms with Crippen molar-refractivity contribution in [1.82, 2.24) is 0 Å². The zero-order chi connectivity index (χ0) is 13.0. The average Bonchev–Trinajstić information content (AvgIpc) is 2.40. The topological polar surface area (TPSA) is 26.3 Å². The first-order valence-electron chi connectivity index (χ1n) is 5.62. The third-order valence-electron chi connectivity index (χ3n) is 2.53. The standard InChI is InChI=1S/C15H14O2Se/c1-11(16)14-10-13(8-9-15(14)17-2)18-12-6-4-3-5-7-12/h3-10H,1-2H3. The second-order valence-electron chi connectivity index (χ2n) is 3.83. The van der Waals surface area contributed by atoms with Crippen LogP contribution in [0.2, 0.25) is 0 Å². The summed E-state index contributed by atoms with van der Waals surface area (Å²) in [7, 11) is 1.59. The molecular formula is C15H14O2Se. The molecule has 18 heavy (non-hydrogen) atoms. The van der Waals surface area contributed by atoms with E-state index in [9.17, 15) is 4.79 Å². The Morgan fingerprint density at radius 2 is 1.78 bits per heavy atom. The van der Waals surface area contributed by atoms with Crippen LogP contribution >= 0.6 is 0 Å². The summed E-state index contributed by atoms with van der Waals surface area (Å²) in [5.41, 5.74) is 0.660. The van der Waals surface area contributed by atoms with Gasteiger partial charge in [-0.3, -0.25) is 0 Å². The quantitative estimate of drug-likeness (QED) is 0.633. The minimum absolute atomic E-state index is 0.0394. The van der Waals surface area contributed by atoms with Crippen molar-refractivity contribution in [3.05, 3.63) is 54.1 Å². The third kappa shape index (κ3) is 3.00. The van der Waals surface area contributed by atoms with Gasteiger partial charge >= 0.3 is 113 Å². The predicted molar refractivity (Wildman–Crippen MR) is 74.5 cm³/mol. The second-order valence-corrected chi connectivity index (χ2v) is 6.24. The molecule has 0 atom stereocenters. The molecule has 2 aromatic rings. The van der Waals surface area contributed by atoms with Crippen molar-refractivity contribution in [1.29, 1.82) is 0 Å². The molecule has 0 aliphatic carbocycles. The van der Waals surface area contributed by atoms with Crippen LogP contribution in [0.4, 0.5) is 0 Å². The second kappa shape index (κ2) is 5.85. The normalized spacial score (nSPS) is 10.1. The van der Waals surface area contributed by atoms with E-state index in [1.165, 1.54) is 8.92 Å². The predicted octanol–water partition coefficient (Wildman–Crippen LogP) is 1.55. The van der Waals surface area contributed by atoms with E-state index in [0.29, 0.717) is 11.3 Å². The molecule has 0 aliphatic rings. The first kappa shape index (κ1) is 12.9. The fourth-order valence-corrected chi connectivity index (χ4v) is 3.49. The fraction of sp³-hybridized carbons (Fsp3) is 0.133. The van der Waals surface area contributed by atoms with E-state index < -0.39 is 0 Å². The van der Waals surface area contributed by atoms with Crippen LogP contribution in [0.1, 0.15) is 17.3 Å². The number of carbonyl (C=O) groups is 1. The van der Waals surface area contributed by atoms with Gasteiger partial charge in [-0.25, -0.2) is 0 Å².